The second kappa shape index (κ2) is 4.39. The van der Waals surface area contributed by atoms with Gasteiger partial charge < -0.3 is 10.5 Å². The fourth-order valence-corrected chi connectivity index (χ4v) is 2.69. The molecule has 0 aliphatic heterocycles. The molecule has 0 radical (unpaired) electrons. The summed E-state index contributed by atoms with van der Waals surface area (Å²) in [4.78, 5) is 0. The van der Waals surface area contributed by atoms with Crippen LogP contribution >= 0.6 is 0 Å². The Bertz CT molecular complexity index is 246. The van der Waals surface area contributed by atoms with Crippen molar-refractivity contribution in [3.63, 3.8) is 0 Å². The van der Waals surface area contributed by atoms with Gasteiger partial charge in [0.25, 0.3) is 0 Å². The number of methoxy groups -OCH3 is 1. The minimum Gasteiger partial charge on any atom is -0.384 e. The van der Waals surface area contributed by atoms with Gasteiger partial charge in [0.2, 0.25) is 0 Å². The van der Waals surface area contributed by atoms with Crippen molar-refractivity contribution in [1.29, 1.82) is 0 Å². The molecule has 1 rings (SSSR count). The zero-order valence-electron chi connectivity index (χ0n) is 7.90. The van der Waals surface area contributed by atoms with Crippen molar-refractivity contribution in [3.8, 4) is 0 Å². The maximum atomic E-state index is 11.4. The molecule has 0 aromatic rings. The Labute approximate surface area is 79.4 Å². The summed E-state index contributed by atoms with van der Waals surface area (Å²) in [6.45, 7) is 0.264. The Balaban J connectivity index is 2.31. The Kier molecular flexibility index (Phi) is 3.70. The molecule has 78 valence electrons. The highest BCUT2D eigenvalue weighted by Crippen LogP contribution is 2.32. The van der Waals surface area contributed by atoms with Gasteiger partial charge in [0.05, 0.1) is 18.1 Å². The standard InChI is InChI=1S/C8H17NO3S/c1-12-4-5-13(10,11)6-8(9)7-2-3-7/h7-8H,2-6,9H2,1H3. The lowest BCUT2D eigenvalue weighted by Crippen LogP contribution is -2.33. The van der Waals surface area contributed by atoms with Gasteiger partial charge in [-0.2, -0.15) is 0 Å². The lowest BCUT2D eigenvalue weighted by Gasteiger charge is -2.10. The molecule has 13 heavy (non-hydrogen) atoms. The van der Waals surface area contributed by atoms with Crippen LogP contribution in [0.15, 0.2) is 0 Å². The number of hydrogen-bond donors (Lipinski definition) is 1. The molecule has 1 saturated carbocycles. The number of nitrogens with two attached hydrogens (primary N) is 1. The van der Waals surface area contributed by atoms with Crippen LogP contribution in [0.1, 0.15) is 12.8 Å². The molecule has 1 atom stereocenters. The molecule has 0 heterocycles. The average molecular weight is 207 g/mol. The van der Waals surface area contributed by atoms with Crippen LogP contribution < -0.4 is 5.73 Å². The molecule has 0 spiro atoms. The minimum absolute atomic E-state index is 0.0872. The molecular weight excluding hydrogens is 190 g/mol. The lowest BCUT2D eigenvalue weighted by atomic mass is 10.2. The summed E-state index contributed by atoms with van der Waals surface area (Å²) in [5, 5.41) is 0. The van der Waals surface area contributed by atoms with E-state index in [2.05, 4.69) is 0 Å². The van der Waals surface area contributed by atoms with Crippen molar-refractivity contribution in [1.82, 2.24) is 0 Å². The van der Waals surface area contributed by atoms with Gasteiger partial charge in [0.15, 0.2) is 9.84 Å². The van der Waals surface area contributed by atoms with E-state index in [1.54, 1.807) is 0 Å². The van der Waals surface area contributed by atoms with Crippen LogP contribution in [0.2, 0.25) is 0 Å². The second-order valence-electron chi connectivity index (χ2n) is 3.61. The van der Waals surface area contributed by atoms with E-state index in [-0.39, 0.29) is 24.2 Å². The van der Waals surface area contributed by atoms with E-state index in [0.29, 0.717) is 5.92 Å². The molecule has 0 saturated heterocycles. The summed E-state index contributed by atoms with van der Waals surface area (Å²) in [5.74, 6) is 0.641. The van der Waals surface area contributed by atoms with Gasteiger partial charge in [-0.05, 0) is 18.8 Å². The molecular formula is C8H17NO3S. The first kappa shape index (κ1) is 10.9. The van der Waals surface area contributed by atoms with Gasteiger partial charge in [-0.15, -0.1) is 0 Å². The van der Waals surface area contributed by atoms with Crippen LogP contribution in [-0.2, 0) is 14.6 Å². The van der Waals surface area contributed by atoms with Crippen LogP contribution in [0, 0.1) is 5.92 Å². The van der Waals surface area contributed by atoms with E-state index in [0.717, 1.165) is 12.8 Å². The Hall–Kier alpha value is -0.130. The van der Waals surface area contributed by atoms with Gasteiger partial charge in [-0.1, -0.05) is 0 Å². The first-order valence-electron chi connectivity index (χ1n) is 4.50. The van der Waals surface area contributed by atoms with Crippen molar-refractivity contribution < 1.29 is 13.2 Å². The molecule has 0 amide bonds. The summed E-state index contributed by atoms with van der Waals surface area (Å²) in [5.41, 5.74) is 5.72. The van der Waals surface area contributed by atoms with E-state index >= 15 is 0 Å². The highest BCUT2D eigenvalue weighted by molar-refractivity contribution is 7.91. The van der Waals surface area contributed by atoms with Crippen molar-refractivity contribution in [3.05, 3.63) is 0 Å². The van der Waals surface area contributed by atoms with E-state index in [1.165, 1.54) is 7.11 Å². The summed E-state index contributed by atoms with van der Waals surface area (Å²) in [6, 6.07) is -0.165. The van der Waals surface area contributed by atoms with Crippen LogP contribution in [0.5, 0.6) is 0 Å². The van der Waals surface area contributed by atoms with Crippen LogP contribution in [-0.4, -0.2) is 39.7 Å². The van der Waals surface area contributed by atoms with Gasteiger partial charge in [0, 0.05) is 13.2 Å². The summed E-state index contributed by atoms with van der Waals surface area (Å²) in [7, 11) is -1.50. The lowest BCUT2D eigenvalue weighted by molar-refractivity contribution is 0.217. The molecule has 0 bridgehead atoms. The Morgan fingerprint density at radius 3 is 2.62 bits per heavy atom. The number of hydrogen-bond acceptors (Lipinski definition) is 4. The Morgan fingerprint density at radius 2 is 2.15 bits per heavy atom. The molecule has 0 aromatic carbocycles. The van der Waals surface area contributed by atoms with E-state index in [9.17, 15) is 8.42 Å². The summed E-state index contributed by atoms with van der Waals surface area (Å²) >= 11 is 0. The highest BCUT2D eigenvalue weighted by atomic mass is 32.2. The molecule has 0 aromatic heterocycles. The first-order valence-corrected chi connectivity index (χ1v) is 6.32. The van der Waals surface area contributed by atoms with Gasteiger partial charge in [0.1, 0.15) is 0 Å². The maximum absolute atomic E-state index is 11.4. The second-order valence-corrected chi connectivity index (χ2v) is 5.84. The Morgan fingerprint density at radius 1 is 1.54 bits per heavy atom. The zero-order chi connectivity index (χ0) is 9.90. The van der Waals surface area contributed by atoms with Crippen LogP contribution in [0.25, 0.3) is 0 Å². The third-order valence-corrected chi connectivity index (χ3v) is 3.95. The van der Waals surface area contributed by atoms with E-state index < -0.39 is 9.84 Å². The average Bonchev–Trinajstić information content (AvgIpc) is 2.82. The van der Waals surface area contributed by atoms with Crippen molar-refractivity contribution >= 4 is 9.84 Å². The molecule has 4 nitrogen and oxygen atoms in total. The van der Waals surface area contributed by atoms with E-state index in [1.807, 2.05) is 0 Å². The molecule has 1 aliphatic rings. The van der Waals surface area contributed by atoms with Crippen LogP contribution in [0.3, 0.4) is 0 Å². The summed E-state index contributed by atoms with van der Waals surface area (Å²) in [6.07, 6.45) is 2.17. The highest BCUT2D eigenvalue weighted by Gasteiger charge is 2.31. The molecule has 2 N–H and O–H groups in total. The minimum atomic E-state index is -3.00. The topological polar surface area (TPSA) is 69.4 Å². The van der Waals surface area contributed by atoms with E-state index in [4.69, 9.17) is 10.5 Å². The van der Waals surface area contributed by atoms with Crippen molar-refractivity contribution in [2.24, 2.45) is 11.7 Å². The van der Waals surface area contributed by atoms with Crippen molar-refractivity contribution in [2.75, 3.05) is 25.2 Å². The van der Waals surface area contributed by atoms with Gasteiger partial charge in [-0.3, -0.25) is 0 Å². The molecule has 1 unspecified atom stereocenters. The monoisotopic (exact) mass is 207 g/mol. The quantitative estimate of drug-likeness (QED) is 0.654. The predicted molar refractivity (Wildman–Crippen MR) is 51.2 cm³/mol. The third-order valence-electron chi connectivity index (χ3n) is 2.27. The normalized spacial score (nSPS) is 20.2. The van der Waals surface area contributed by atoms with Crippen molar-refractivity contribution in [2.45, 2.75) is 18.9 Å². The number of rotatable bonds is 6. The van der Waals surface area contributed by atoms with Crippen LogP contribution in [0.4, 0.5) is 0 Å². The SMILES string of the molecule is COCCS(=O)(=O)CC(N)C1CC1. The largest absolute Gasteiger partial charge is 0.384 e. The fourth-order valence-electron chi connectivity index (χ4n) is 1.25. The number of sulfone groups is 1. The smallest absolute Gasteiger partial charge is 0.154 e. The molecule has 1 aliphatic carbocycles. The van der Waals surface area contributed by atoms with Gasteiger partial charge in [-0.25, -0.2) is 8.42 Å². The molecule has 1 fully saturated rings. The predicted octanol–water partition coefficient (Wildman–Crippen LogP) is -0.215. The fraction of sp³-hybridized carbons (Fsp3) is 1.00. The molecule has 5 heteroatoms. The number of ether oxygens (including phenoxy) is 1. The van der Waals surface area contributed by atoms with Gasteiger partial charge >= 0.3 is 0 Å². The first-order chi connectivity index (χ1) is 6.05. The summed E-state index contributed by atoms with van der Waals surface area (Å²) < 4.78 is 27.5. The maximum Gasteiger partial charge on any atom is 0.154 e. The third kappa shape index (κ3) is 4.06. The zero-order valence-corrected chi connectivity index (χ0v) is 8.72.